The van der Waals surface area contributed by atoms with Crippen molar-refractivity contribution in [3.05, 3.63) is 34.3 Å². The van der Waals surface area contributed by atoms with Crippen LogP contribution in [0.15, 0.2) is 28.7 Å². The first-order valence-corrected chi connectivity index (χ1v) is 7.98. The van der Waals surface area contributed by atoms with Gasteiger partial charge in [-0.3, -0.25) is 10.1 Å². The fourth-order valence-corrected chi connectivity index (χ4v) is 2.38. The van der Waals surface area contributed by atoms with E-state index < -0.39 is 0 Å². The van der Waals surface area contributed by atoms with E-state index in [1.165, 1.54) is 5.56 Å². The average Bonchev–Trinajstić information content (AvgIpc) is 2.38. The lowest BCUT2D eigenvalue weighted by Gasteiger charge is -2.20. The van der Waals surface area contributed by atoms with Gasteiger partial charge in [0, 0.05) is 17.1 Å². The number of amides is 1. The van der Waals surface area contributed by atoms with Gasteiger partial charge in [0.15, 0.2) is 0 Å². The zero-order valence-electron chi connectivity index (χ0n) is 12.7. The Hall–Kier alpha value is -0.870. The Bertz CT molecular complexity index is 434. The summed E-state index contributed by atoms with van der Waals surface area (Å²) in [5, 5.41) is 6.30. The van der Waals surface area contributed by atoms with Crippen LogP contribution in [0.3, 0.4) is 0 Å². The zero-order chi connectivity index (χ0) is 15.1. The van der Waals surface area contributed by atoms with Crippen LogP contribution in [0.4, 0.5) is 0 Å². The van der Waals surface area contributed by atoms with Crippen LogP contribution in [0.25, 0.3) is 0 Å². The predicted octanol–water partition coefficient (Wildman–Crippen LogP) is 3.65. The minimum absolute atomic E-state index is 0.0625. The van der Waals surface area contributed by atoms with Crippen molar-refractivity contribution in [1.29, 1.82) is 0 Å². The molecule has 1 aromatic rings. The van der Waals surface area contributed by atoms with Gasteiger partial charge in [0.2, 0.25) is 5.91 Å². The number of nitrogens with one attached hydrogen (secondary N) is 2. The van der Waals surface area contributed by atoms with Crippen molar-refractivity contribution in [3.63, 3.8) is 0 Å². The Morgan fingerprint density at radius 3 is 2.55 bits per heavy atom. The second-order valence-corrected chi connectivity index (χ2v) is 6.55. The van der Waals surface area contributed by atoms with Gasteiger partial charge in [-0.25, -0.2) is 0 Å². The molecule has 2 N–H and O–H groups in total. The van der Waals surface area contributed by atoms with Crippen LogP contribution in [0.5, 0.6) is 0 Å². The Labute approximate surface area is 130 Å². The van der Waals surface area contributed by atoms with Gasteiger partial charge in [-0.2, -0.15) is 0 Å². The van der Waals surface area contributed by atoms with Gasteiger partial charge < -0.3 is 5.32 Å². The normalized spacial score (nSPS) is 14.1. The molecule has 0 aliphatic heterocycles. The van der Waals surface area contributed by atoms with Gasteiger partial charge in [-0.1, -0.05) is 41.9 Å². The van der Waals surface area contributed by atoms with E-state index in [1.54, 1.807) is 0 Å². The highest BCUT2D eigenvalue weighted by Gasteiger charge is 2.15. The van der Waals surface area contributed by atoms with Crippen LogP contribution in [-0.2, 0) is 4.79 Å². The van der Waals surface area contributed by atoms with Crippen LogP contribution in [0.1, 0.15) is 45.7 Å². The number of hydrogen-bond donors (Lipinski definition) is 2. The van der Waals surface area contributed by atoms with E-state index in [0.717, 1.165) is 17.4 Å². The predicted molar refractivity (Wildman–Crippen MR) is 87.6 cm³/mol. The second kappa shape index (κ2) is 8.42. The summed E-state index contributed by atoms with van der Waals surface area (Å²) in [5.74, 6) is 0.673. The van der Waals surface area contributed by atoms with E-state index in [1.807, 2.05) is 19.1 Å². The molecule has 0 heterocycles. The molecule has 0 bridgehead atoms. The summed E-state index contributed by atoms with van der Waals surface area (Å²) in [6, 6.07) is 8.07. The molecule has 112 valence electrons. The third-order valence-electron chi connectivity index (χ3n) is 3.26. The number of carbonyl (C=O) groups is 1. The van der Waals surface area contributed by atoms with Crippen molar-refractivity contribution in [2.75, 3.05) is 6.54 Å². The number of halogens is 1. The van der Waals surface area contributed by atoms with Crippen molar-refractivity contribution in [1.82, 2.24) is 10.6 Å². The topological polar surface area (TPSA) is 41.1 Å². The smallest absolute Gasteiger partial charge is 0.236 e. The summed E-state index contributed by atoms with van der Waals surface area (Å²) in [7, 11) is 0. The largest absolute Gasteiger partial charge is 0.355 e. The summed E-state index contributed by atoms with van der Waals surface area (Å²) in [6.45, 7) is 9.03. The molecule has 0 radical (unpaired) electrons. The maximum Gasteiger partial charge on any atom is 0.236 e. The highest BCUT2D eigenvalue weighted by Crippen LogP contribution is 2.18. The van der Waals surface area contributed by atoms with Crippen molar-refractivity contribution < 1.29 is 4.79 Å². The molecular weight excluding hydrogens is 316 g/mol. The maximum absolute atomic E-state index is 12.0. The third kappa shape index (κ3) is 6.06. The summed E-state index contributed by atoms with van der Waals surface area (Å²) in [4.78, 5) is 12.0. The highest BCUT2D eigenvalue weighted by atomic mass is 79.9. The van der Waals surface area contributed by atoms with Crippen LogP contribution in [0.2, 0.25) is 0 Å². The van der Waals surface area contributed by atoms with Crippen molar-refractivity contribution in [2.24, 2.45) is 5.92 Å². The molecule has 0 spiro atoms. The quantitative estimate of drug-likeness (QED) is 0.795. The van der Waals surface area contributed by atoms with E-state index in [0.29, 0.717) is 5.92 Å². The number of benzene rings is 1. The average molecular weight is 341 g/mol. The lowest BCUT2D eigenvalue weighted by molar-refractivity contribution is -0.122. The van der Waals surface area contributed by atoms with E-state index in [4.69, 9.17) is 0 Å². The molecule has 0 aliphatic carbocycles. The van der Waals surface area contributed by atoms with Gasteiger partial charge in [0.25, 0.3) is 0 Å². The van der Waals surface area contributed by atoms with E-state index in [9.17, 15) is 4.79 Å². The molecule has 1 amide bonds. The lowest BCUT2D eigenvalue weighted by atomic mass is 10.1. The van der Waals surface area contributed by atoms with E-state index in [-0.39, 0.29) is 18.0 Å². The zero-order valence-corrected chi connectivity index (χ0v) is 14.3. The SMILES string of the molecule is CC(C)CCNC(=O)C(C)NC(C)c1cccc(Br)c1. The minimum atomic E-state index is -0.198. The molecule has 0 saturated heterocycles. The van der Waals surface area contributed by atoms with E-state index in [2.05, 4.69) is 59.5 Å². The summed E-state index contributed by atoms with van der Waals surface area (Å²) in [6.07, 6.45) is 1.01. The first kappa shape index (κ1) is 17.2. The van der Waals surface area contributed by atoms with Crippen molar-refractivity contribution in [2.45, 2.75) is 46.2 Å². The standard InChI is InChI=1S/C16H25BrN2O/c1-11(2)8-9-18-16(20)13(4)19-12(3)14-6-5-7-15(17)10-14/h5-7,10-13,19H,8-9H2,1-4H3,(H,18,20). The molecule has 4 heteroatoms. The minimum Gasteiger partial charge on any atom is -0.355 e. The first-order chi connectivity index (χ1) is 9.40. The van der Waals surface area contributed by atoms with Gasteiger partial charge in [0.05, 0.1) is 6.04 Å². The van der Waals surface area contributed by atoms with Gasteiger partial charge in [-0.05, 0) is 43.9 Å². The van der Waals surface area contributed by atoms with Gasteiger partial charge in [0.1, 0.15) is 0 Å². The molecule has 1 aromatic carbocycles. The molecule has 0 aliphatic rings. The van der Waals surface area contributed by atoms with Crippen LogP contribution < -0.4 is 10.6 Å². The summed E-state index contributed by atoms with van der Waals surface area (Å²) >= 11 is 3.47. The molecule has 20 heavy (non-hydrogen) atoms. The summed E-state index contributed by atoms with van der Waals surface area (Å²) in [5.41, 5.74) is 1.17. The lowest BCUT2D eigenvalue weighted by Crippen LogP contribution is -2.43. The van der Waals surface area contributed by atoms with Crippen molar-refractivity contribution >= 4 is 21.8 Å². The van der Waals surface area contributed by atoms with Crippen LogP contribution >= 0.6 is 15.9 Å². The molecule has 1 rings (SSSR count). The third-order valence-corrected chi connectivity index (χ3v) is 3.76. The molecule has 0 saturated carbocycles. The van der Waals surface area contributed by atoms with Crippen LogP contribution in [-0.4, -0.2) is 18.5 Å². The monoisotopic (exact) mass is 340 g/mol. The van der Waals surface area contributed by atoms with Crippen molar-refractivity contribution in [3.8, 4) is 0 Å². The number of rotatable bonds is 7. The summed E-state index contributed by atoms with van der Waals surface area (Å²) < 4.78 is 1.05. The molecule has 2 unspecified atom stereocenters. The fraction of sp³-hybridized carbons (Fsp3) is 0.562. The Kier molecular flexibility index (Phi) is 7.24. The number of hydrogen-bond acceptors (Lipinski definition) is 2. The Morgan fingerprint density at radius 2 is 1.95 bits per heavy atom. The first-order valence-electron chi connectivity index (χ1n) is 7.19. The molecule has 3 nitrogen and oxygen atoms in total. The molecule has 0 fully saturated rings. The van der Waals surface area contributed by atoms with Gasteiger partial charge in [-0.15, -0.1) is 0 Å². The molecule has 2 atom stereocenters. The maximum atomic E-state index is 12.0. The van der Waals surface area contributed by atoms with Gasteiger partial charge >= 0.3 is 0 Å². The van der Waals surface area contributed by atoms with E-state index >= 15 is 0 Å². The van der Waals surface area contributed by atoms with Crippen LogP contribution in [0, 0.1) is 5.92 Å². The second-order valence-electron chi connectivity index (χ2n) is 5.64. The number of carbonyl (C=O) groups excluding carboxylic acids is 1. The Morgan fingerprint density at radius 1 is 1.25 bits per heavy atom. The Balaban J connectivity index is 2.44. The highest BCUT2D eigenvalue weighted by molar-refractivity contribution is 9.10. The fourth-order valence-electron chi connectivity index (χ4n) is 1.96. The molecular formula is C16H25BrN2O. The molecule has 0 aromatic heterocycles.